The molecule has 1 N–H and O–H groups in total. The molecule has 0 bridgehead atoms. The Hall–Kier alpha value is -2.51. The van der Waals surface area contributed by atoms with E-state index in [2.05, 4.69) is 17.5 Å². The van der Waals surface area contributed by atoms with Gasteiger partial charge in [-0.05, 0) is 25.8 Å². The van der Waals surface area contributed by atoms with Crippen molar-refractivity contribution in [3.05, 3.63) is 38.4 Å². The van der Waals surface area contributed by atoms with Gasteiger partial charge in [0.1, 0.15) is 5.69 Å². The molecule has 0 heterocycles. The highest BCUT2D eigenvalue weighted by Gasteiger charge is 2.19. The number of hydrogen-bond acceptors (Lipinski definition) is 6. The van der Waals surface area contributed by atoms with E-state index in [1.165, 1.54) is 57.1 Å². The fourth-order valence-electron chi connectivity index (χ4n) is 2.78. The minimum absolute atomic E-state index is 0.150. The average molecular weight is 378 g/mol. The Morgan fingerprint density at radius 2 is 1.56 bits per heavy atom. The third-order valence-corrected chi connectivity index (χ3v) is 4.40. The molecule has 0 aliphatic rings. The summed E-state index contributed by atoms with van der Waals surface area (Å²) < 4.78 is 0. The summed E-state index contributed by atoms with van der Waals surface area (Å²) in [5.41, 5.74) is 2.99. The Kier molecular flexibility index (Phi) is 10.7. The van der Waals surface area contributed by atoms with Crippen LogP contribution < -0.4 is 5.43 Å². The zero-order valence-corrected chi connectivity index (χ0v) is 16.3. The third kappa shape index (κ3) is 9.12. The van der Waals surface area contributed by atoms with Gasteiger partial charge in [-0.1, -0.05) is 58.3 Å². The van der Waals surface area contributed by atoms with Crippen molar-refractivity contribution in [3.63, 3.8) is 0 Å². The van der Waals surface area contributed by atoms with Crippen LogP contribution in [0.5, 0.6) is 0 Å². The zero-order chi connectivity index (χ0) is 20.1. The van der Waals surface area contributed by atoms with Crippen molar-refractivity contribution in [3.8, 4) is 0 Å². The lowest BCUT2D eigenvalue weighted by Crippen LogP contribution is -2.01. The molecule has 0 aromatic heterocycles. The maximum atomic E-state index is 11.1. The molecule has 0 saturated carbocycles. The molecule has 0 atom stereocenters. The molecule has 8 nitrogen and oxygen atoms in total. The van der Waals surface area contributed by atoms with Gasteiger partial charge in [0.25, 0.3) is 5.69 Å². The molecule has 1 aromatic rings. The van der Waals surface area contributed by atoms with Crippen LogP contribution in [0.3, 0.4) is 0 Å². The molecule has 0 unspecified atom stereocenters. The van der Waals surface area contributed by atoms with Crippen LogP contribution in [0.25, 0.3) is 0 Å². The predicted molar refractivity (Wildman–Crippen MR) is 108 cm³/mol. The SMILES string of the molecule is CCCCCCCCCCC/C(C)=N/Nc1ccc([N+](=O)[O-])cc1[N+](=O)[O-]. The van der Waals surface area contributed by atoms with Crippen LogP contribution in [-0.2, 0) is 0 Å². The van der Waals surface area contributed by atoms with Crippen LogP contribution in [0, 0.1) is 20.2 Å². The number of rotatable bonds is 14. The first-order chi connectivity index (χ1) is 13.0. The lowest BCUT2D eigenvalue weighted by atomic mass is 10.1. The van der Waals surface area contributed by atoms with E-state index in [0.717, 1.165) is 31.0 Å². The second-order valence-corrected chi connectivity index (χ2v) is 6.75. The highest BCUT2D eigenvalue weighted by Crippen LogP contribution is 2.28. The number of anilines is 1. The molecule has 27 heavy (non-hydrogen) atoms. The first-order valence-electron chi connectivity index (χ1n) is 9.67. The monoisotopic (exact) mass is 378 g/mol. The van der Waals surface area contributed by atoms with E-state index in [-0.39, 0.29) is 17.1 Å². The molecule has 1 rings (SSSR count). The molecule has 1 aromatic carbocycles. The summed E-state index contributed by atoms with van der Waals surface area (Å²) in [7, 11) is 0. The number of hydrogen-bond donors (Lipinski definition) is 1. The summed E-state index contributed by atoms with van der Waals surface area (Å²) in [6.07, 6.45) is 12.1. The minimum atomic E-state index is -0.658. The maximum Gasteiger partial charge on any atom is 0.301 e. The van der Waals surface area contributed by atoms with Gasteiger partial charge in [0, 0.05) is 11.8 Å². The van der Waals surface area contributed by atoms with Gasteiger partial charge in [0.05, 0.1) is 15.9 Å². The second-order valence-electron chi connectivity index (χ2n) is 6.75. The molecule has 0 fully saturated rings. The van der Waals surface area contributed by atoms with E-state index in [1.54, 1.807) is 0 Å². The maximum absolute atomic E-state index is 11.1. The number of nitrogens with zero attached hydrogens (tertiary/aromatic N) is 3. The van der Waals surface area contributed by atoms with Gasteiger partial charge < -0.3 is 0 Å². The average Bonchev–Trinajstić information content (AvgIpc) is 2.64. The van der Waals surface area contributed by atoms with Gasteiger partial charge in [-0.25, -0.2) is 0 Å². The second kappa shape index (κ2) is 12.8. The molecule has 0 aliphatic heterocycles. The van der Waals surface area contributed by atoms with Crippen LogP contribution in [0.1, 0.15) is 78.1 Å². The van der Waals surface area contributed by atoms with Crippen molar-refractivity contribution in [1.82, 2.24) is 0 Å². The van der Waals surface area contributed by atoms with E-state index < -0.39 is 9.85 Å². The molecule has 0 saturated heterocycles. The summed E-state index contributed by atoms with van der Waals surface area (Å²) in [5.74, 6) is 0. The first kappa shape index (κ1) is 22.5. The third-order valence-electron chi connectivity index (χ3n) is 4.40. The molecule has 0 amide bonds. The minimum Gasteiger partial charge on any atom is -0.272 e. The van der Waals surface area contributed by atoms with Gasteiger partial charge in [0.2, 0.25) is 0 Å². The van der Waals surface area contributed by atoms with Crippen molar-refractivity contribution in [1.29, 1.82) is 0 Å². The van der Waals surface area contributed by atoms with Crippen LogP contribution in [0.4, 0.5) is 17.1 Å². The van der Waals surface area contributed by atoms with Gasteiger partial charge >= 0.3 is 5.69 Å². The summed E-state index contributed by atoms with van der Waals surface area (Å²) in [5, 5.41) is 26.0. The standard InChI is InChI=1S/C19H30N4O4/c1-3-4-5-6-7-8-9-10-11-12-16(2)20-21-18-14-13-17(22(24)25)15-19(18)23(26)27/h13-15,21H,3-12H2,1-2H3/b20-16+. The molecule has 0 spiro atoms. The van der Waals surface area contributed by atoms with Crippen molar-refractivity contribution in [2.45, 2.75) is 78.1 Å². The molecular formula is C19H30N4O4. The Balaban J connectivity index is 2.37. The number of nitro groups is 2. The molecule has 0 radical (unpaired) electrons. The molecule has 150 valence electrons. The van der Waals surface area contributed by atoms with Crippen molar-refractivity contribution >= 4 is 22.8 Å². The first-order valence-corrected chi connectivity index (χ1v) is 9.67. The van der Waals surface area contributed by atoms with E-state index in [0.29, 0.717) is 0 Å². The number of benzene rings is 1. The van der Waals surface area contributed by atoms with Gasteiger partial charge in [0.15, 0.2) is 0 Å². The van der Waals surface area contributed by atoms with Gasteiger partial charge in [-0.3, -0.25) is 25.7 Å². The fourth-order valence-corrected chi connectivity index (χ4v) is 2.78. The highest BCUT2D eigenvalue weighted by atomic mass is 16.6. The number of unbranched alkanes of at least 4 members (excludes halogenated alkanes) is 8. The Morgan fingerprint density at radius 3 is 2.11 bits per heavy atom. The predicted octanol–water partition coefficient (Wildman–Crippen LogP) is 6.21. The zero-order valence-electron chi connectivity index (χ0n) is 16.3. The Morgan fingerprint density at radius 1 is 0.963 bits per heavy atom. The smallest absolute Gasteiger partial charge is 0.272 e. The van der Waals surface area contributed by atoms with Crippen molar-refractivity contribution in [2.24, 2.45) is 5.10 Å². The Bertz CT molecular complexity index is 647. The quantitative estimate of drug-likeness (QED) is 0.179. The van der Waals surface area contributed by atoms with Gasteiger partial charge in [-0.15, -0.1) is 0 Å². The van der Waals surface area contributed by atoms with E-state index in [1.807, 2.05) is 6.92 Å². The summed E-state index contributed by atoms with van der Waals surface area (Å²) in [6.45, 7) is 4.09. The Labute approximate surface area is 160 Å². The highest BCUT2D eigenvalue weighted by molar-refractivity contribution is 5.83. The fraction of sp³-hybridized carbons (Fsp3) is 0.632. The van der Waals surface area contributed by atoms with Crippen LogP contribution >= 0.6 is 0 Å². The summed E-state index contributed by atoms with van der Waals surface area (Å²) >= 11 is 0. The van der Waals surface area contributed by atoms with Crippen molar-refractivity contribution in [2.75, 3.05) is 5.43 Å². The lowest BCUT2D eigenvalue weighted by molar-refractivity contribution is -0.393. The van der Waals surface area contributed by atoms with Crippen LogP contribution in [0.15, 0.2) is 23.3 Å². The van der Waals surface area contributed by atoms with Gasteiger partial charge in [-0.2, -0.15) is 5.10 Å². The largest absolute Gasteiger partial charge is 0.301 e. The summed E-state index contributed by atoms with van der Waals surface area (Å²) in [4.78, 5) is 20.5. The topological polar surface area (TPSA) is 111 Å². The van der Waals surface area contributed by atoms with Crippen molar-refractivity contribution < 1.29 is 9.85 Å². The number of nitro benzene ring substituents is 2. The normalized spacial score (nSPS) is 11.4. The van der Waals surface area contributed by atoms with E-state index in [4.69, 9.17) is 0 Å². The van der Waals surface area contributed by atoms with Crippen LogP contribution in [-0.4, -0.2) is 15.6 Å². The molecule has 0 aliphatic carbocycles. The van der Waals surface area contributed by atoms with E-state index >= 15 is 0 Å². The van der Waals surface area contributed by atoms with Crippen LogP contribution in [0.2, 0.25) is 0 Å². The number of nitrogens with one attached hydrogen (secondary N) is 1. The number of non-ortho nitro benzene ring substituents is 1. The van der Waals surface area contributed by atoms with E-state index in [9.17, 15) is 20.2 Å². The molecular weight excluding hydrogens is 348 g/mol. The number of hydrazone groups is 1. The summed E-state index contributed by atoms with van der Waals surface area (Å²) in [6, 6.07) is 3.47. The molecule has 8 heteroatoms. The lowest BCUT2D eigenvalue weighted by Gasteiger charge is -2.05.